The number of benzene rings is 1. The summed E-state index contributed by atoms with van der Waals surface area (Å²) in [4.78, 5) is 0. The van der Waals surface area contributed by atoms with Gasteiger partial charge < -0.3 is 4.74 Å². The number of aryl methyl sites for hydroxylation is 1. The van der Waals surface area contributed by atoms with Crippen molar-refractivity contribution in [1.82, 2.24) is 9.78 Å². The summed E-state index contributed by atoms with van der Waals surface area (Å²) in [5.41, 5.74) is 0.980. The van der Waals surface area contributed by atoms with Gasteiger partial charge in [-0.15, -0.1) is 0 Å². The van der Waals surface area contributed by atoms with Gasteiger partial charge in [0.1, 0.15) is 6.61 Å². The summed E-state index contributed by atoms with van der Waals surface area (Å²) in [6, 6.07) is 7.66. The molecular weight excluding hydrogens is 224 g/mol. The molecule has 0 aliphatic rings. The van der Waals surface area contributed by atoms with Crippen molar-refractivity contribution in [2.24, 2.45) is 0 Å². The molecule has 4 heteroatoms. The molecule has 0 amide bonds. The monoisotopic (exact) mass is 236 g/mol. The highest BCUT2D eigenvalue weighted by atomic mass is 35.5. The van der Waals surface area contributed by atoms with Gasteiger partial charge >= 0.3 is 0 Å². The van der Waals surface area contributed by atoms with Crippen molar-refractivity contribution in [3.63, 3.8) is 0 Å². The van der Waals surface area contributed by atoms with Gasteiger partial charge in [0.25, 0.3) is 0 Å². The van der Waals surface area contributed by atoms with Crippen LogP contribution in [0.5, 0.6) is 5.75 Å². The summed E-state index contributed by atoms with van der Waals surface area (Å²) < 4.78 is 7.41. The normalized spacial score (nSPS) is 10.4. The van der Waals surface area contributed by atoms with Crippen molar-refractivity contribution in [2.75, 3.05) is 0 Å². The molecule has 1 heterocycles. The second-order valence-corrected chi connectivity index (χ2v) is 3.82. The topological polar surface area (TPSA) is 27.1 Å². The first-order valence-electron chi connectivity index (χ1n) is 5.18. The fourth-order valence-electron chi connectivity index (χ4n) is 1.37. The van der Waals surface area contributed by atoms with Gasteiger partial charge in [-0.25, -0.2) is 0 Å². The van der Waals surface area contributed by atoms with E-state index in [0.717, 1.165) is 22.9 Å². The Morgan fingerprint density at radius 2 is 2.19 bits per heavy atom. The van der Waals surface area contributed by atoms with Gasteiger partial charge in [-0.3, -0.25) is 4.68 Å². The molecule has 16 heavy (non-hydrogen) atoms. The van der Waals surface area contributed by atoms with Crippen molar-refractivity contribution < 1.29 is 4.74 Å². The van der Waals surface area contributed by atoms with E-state index >= 15 is 0 Å². The van der Waals surface area contributed by atoms with Crippen LogP contribution in [0.4, 0.5) is 0 Å². The van der Waals surface area contributed by atoms with Gasteiger partial charge in [-0.2, -0.15) is 5.10 Å². The highest BCUT2D eigenvalue weighted by molar-refractivity contribution is 6.31. The van der Waals surface area contributed by atoms with Gasteiger partial charge in [0.2, 0.25) is 0 Å². The second-order valence-electron chi connectivity index (χ2n) is 3.41. The Kier molecular flexibility index (Phi) is 3.47. The van der Waals surface area contributed by atoms with Crippen LogP contribution in [-0.4, -0.2) is 9.78 Å². The molecule has 0 saturated carbocycles. The van der Waals surface area contributed by atoms with Gasteiger partial charge in [0.05, 0.1) is 12.4 Å². The number of hydrogen-bond donors (Lipinski definition) is 0. The second kappa shape index (κ2) is 5.03. The predicted molar refractivity (Wildman–Crippen MR) is 63.7 cm³/mol. The summed E-state index contributed by atoms with van der Waals surface area (Å²) in [7, 11) is 0. The molecule has 3 nitrogen and oxygen atoms in total. The van der Waals surface area contributed by atoms with E-state index in [-0.39, 0.29) is 0 Å². The van der Waals surface area contributed by atoms with E-state index in [1.807, 2.05) is 42.1 Å². The summed E-state index contributed by atoms with van der Waals surface area (Å²) in [5, 5.41) is 4.86. The SMILES string of the molecule is CCn1cc(OCc2ccccc2Cl)cn1. The Hall–Kier alpha value is -1.48. The van der Waals surface area contributed by atoms with Crippen LogP contribution in [0.3, 0.4) is 0 Å². The molecule has 0 radical (unpaired) electrons. The predicted octanol–water partition coefficient (Wildman–Crippen LogP) is 3.14. The Labute approximate surface area is 99.6 Å². The number of rotatable bonds is 4. The lowest BCUT2D eigenvalue weighted by atomic mass is 10.2. The Balaban J connectivity index is 1.99. The minimum absolute atomic E-state index is 0.467. The van der Waals surface area contributed by atoms with Gasteiger partial charge in [-0.05, 0) is 13.0 Å². The molecule has 0 aliphatic carbocycles. The zero-order chi connectivity index (χ0) is 11.4. The fourth-order valence-corrected chi connectivity index (χ4v) is 1.56. The minimum Gasteiger partial charge on any atom is -0.486 e. The third-order valence-corrected chi connectivity index (χ3v) is 2.65. The standard InChI is InChI=1S/C12H13ClN2O/c1-2-15-8-11(7-14-15)16-9-10-5-3-4-6-12(10)13/h3-8H,2,9H2,1H3. The number of aromatic nitrogens is 2. The molecule has 0 unspecified atom stereocenters. The largest absolute Gasteiger partial charge is 0.486 e. The molecule has 1 aromatic carbocycles. The van der Waals surface area contributed by atoms with Crippen LogP contribution >= 0.6 is 11.6 Å². The van der Waals surface area contributed by atoms with Crippen LogP contribution < -0.4 is 4.74 Å². The van der Waals surface area contributed by atoms with E-state index in [2.05, 4.69) is 5.10 Å². The molecule has 0 N–H and O–H groups in total. The van der Waals surface area contributed by atoms with Crippen LogP contribution in [0.25, 0.3) is 0 Å². The molecule has 2 rings (SSSR count). The summed E-state index contributed by atoms with van der Waals surface area (Å²) in [6.07, 6.45) is 3.58. The third-order valence-electron chi connectivity index (χ3n) is 2.29. The molecule has 0 aliphatic heterocycles. The summed E-state index contributed by atoms with van der Waals surface area (Å²) in [6.45, 7) is 3.34. The number of ether oxygens (including phenoxy) is 1. The number of hydrogen-bond acceptors (Lipinski definition) is 2. The van der Waals surface area contributed by atoms with E-state index in [1.54, 1.807) is 6.20 Å². The molecule has 0 atom stereocenters. The summed E-state index contributed by atoms with van der Waals surface area (Å²) in [5.74, 6) is 0.766. The molecule has 2 aromatic rings. The maximum Gasteiger partial charge on any atom is 0.157 e. The van der Waals surface area contributed by atoms with E-state index < -0.39 is 0 Å². The van der Waals surface area contributed by atoms with Crippen molar-refractivity contribution in [3.05, 3.63) is 47.2 Å². The van der Waals surface area contributed by atoms with Crippen molar-refractivity contribution in [2.45, 2.75) is 20.1 Å². The van der Waals surface area contributed by atoms with Crippen LogP contribution in [0.1, 0.15) is 12.5 Å². The maximum absolute atomic E-state index is 6.02. The maximum atomic E-state index is 6.02. The van der Waals surface area contributed by atoms with Crippen LogP contribution in [-0.2, 0) is 13.2 Å². The Morgan fingerprint density at radius 3 is 2.88 bits per heavy atom. The zero-order valence-corrected chi connectivity index (χ0v) is 9.81. The van der Waals surface area contributed by atoms with E-state index in [1.165, 1.54) is 0 Å². The molecule has 84 valence electrons. The first kappa shape index (κ1) is 11.0. The van der Waals surface area contributed by atoms with E-state index in [0.29, 0.717) is 6.61 Å². The number of halogens is 1. The van der Waals surface area contributed by atoms with Crippen molar-refractivity contribution in [1.29, 1.82) is 0 Å². The molecule has 0 spiro atoms. The molecule has 0 saturated heterocycles. The van der Waals surface area contributed by atoms with Crippen LogP contribution in [0.15, 0.2) is 36.7 Å². The Bertz CT molecular complexity index is 468. The first-order valence-corrected chi connectivity index (χ1v) is 5.56. The Morgan fingerprint density at radius 1 is 1.38 bits per heavy atom. The molecular formula is C12H13ClN2O. The summed E-state index contributed by atoms with van der Waals surface area (Å²) >= 11 is 6.02. The smallest absolute Gasteiger partial charge is 0.157 e. The van der Waals surface area contributed by atoms with Gasteiger partial charge in [-0.1, -0.05) is 29.8 Å². The molecule has 0 bridgehead atoms. The lowest BCUT2D eigenvalue weighted by Crippen LogP contribution is -1.95. The van der Waals surface area contributed by atoms with Crippen LogP contribution in [0, 0.1) is 0 Å². The first-order chi connectivity index (χ1) is 7.79. The molecule has 0 fully saturated rings. The highest BCUT2D eigenvalue weighted by Gasteiger charge is 2.01. The van der Waals surface area contributed by atoms with Crippen LogP contribution in [0.2, 0.25) is 5.02 Å². The molecule has 1 aromatic heterocycles. The quantitative estimate of drug-likeness (QED) is 0.816. The fraction of sp³-hybridized carbons (Fsp3) is 0.250. The van der Waals surface area contributed by atoms with E-state index in [9.17, 15) is 0 Å². The highest BCUT2D eigenvalue weighted by Crippen LogP contribution is 2.17. The average molecular weight is 237 g/mol. The minimum atomic E-state index is 0.467. The third kappa shape index (κ3) is 2.55. The number of nitrogens with zero attached hydrogens (tertiary/aromatic N) is 2. The zero-order valence-electron chi connectivity index (χ0n) is 9.06. The van der Waals surface area contributed by atoms with E-state index in [4.69, 9.17) is 16.3 Å². The van der Waals surface area contributed by atoms with Gasteiger partial charge in [0, 0.05) is 17.1 Å². The van der Waals surface area contributed by atoms with Crippen molar-refractivity contribution >= 4 is 11.6 Å². The van der Waals surface area contributed by atoms with Crippen molar-refractivity contribution in [3.8, 4) is 5.75 Å². The lowest BCUT2D eigenvalue weighted by Gasteiger charge is -2.04. The van der Waals surface area contributed by atoms with Gasteiger partial charge in [0.15, 0.2) is 5.75 Å². The lowest BCUT2D eigenvalue weighted by molar-refractivity contribution is 0.306. The average Bonchev–Trinajstić information content (AvgIpc) is 2.76.